The van der Waals surface area contributed by atoms with E-state index >= 15 is 0 Å². The maximum absolute atomic E-state index is 13.2. The Kier molecular flexibility index (Phi) is 3.85. The van der Waals surface area contributed by atoms with E-state index in [1.807, 2.05) is 0 Å². The predicted molar refractivity (Wildman–Crippen MR) is 70.9 cm³/mol. The second-order valence-corrected chi connectivity index (χ2v) is 7.61. The van der Waals surface area contributed by atoms with Crippen molar-refractivity contribution < 1.29 is 22.5 Å². The number of amides is 1. The van der Waals surface area contributed by atoms with Crippen molar-refractivity contribution in [3.63, 3.8) is 0 Å². The molecular weight excluding hydrogens is 350 g/mol. The zero-order chi connectivity index (χ0) is 16.0. The maximum atomic E-state index is 13.2. The van der Waals surface area contributed by atoms with Crippen molar-refractivity contribution >= 4 is 44.8 Å². The van der Waals surface area contributed by atoms with E-state index in [2.05, 4.69) is 0 Å². The molecule has 1 aliphatic rings. The summed E-state index contributed by atoms with van der Waals surface area (Å²) in [4.78, 5) is 20.5. The van der Waals surface area contributed by atoms with Gasteiger partial charge in [0, 0.05) is 6.07 Å². The molecule has 1 atom stereocenters. The van der Waals surface area contributed by atoms with E-state index in [1.54, 1.807) is 4.72 Å². The number of benzene rings is 1. The summed E-state index contributed by atoms with van der Waals surface area (Å²) in [6, 6.07) is 1.76. The number of nitro benzene ring substituents is 1. The first-order valence-corrected chi connectivity index (χ1v) is 7.66. The molecule has 2 rings (SSSR count). The Morgan fingerprint density at radius 3 is 2.48 bits per heavy atom. The molecule has 0 heterocycles. The third-order valence-electron chi connectivity index (χ3n) is 2.75. The van der Waals surface area contributed by atoms with E-state index < -0.39 is 47.5 Å². The second-order valence-electron chi connectivity index (χ2n) is 4.39. The van der Waals surface area contributed by atoms with Crippen LogP contribution in [0, 0.1) is 21.8 Å². The van der Waals surface area contributed by atoms with Gasteiger partial charge in [-0.15, -0.1) is 23.2 Å². The van der Waals surface area contributed by atoms with E-state index in [4.69, 9.17) is 23.2 Å². The van der Waals surface area contributed by atoms with Crippen LogP contribution in [0.2, 0.25) is 0 Å². The number of nitrogens with one attached hydrogen (secondary N) is 1. The fourth-order valence-electron chi connectivity index (χ4n) is 1.57. The normalized spacial score (nSPS) is 19.9. The summed E-state index contributed by atoms with van der Waals surface area (Å²) in [6.07, 6.45) is 0.0841. The molecule has 0 spiro atoms. The van der Waals surface area contributed by atoms with Crippen LogP contribution in [-0.2, 0) is 14.8 Å². The quantitative estimate of drug-likeness (QED) is 0.502. The van der Waals surface area contributed by atoms with Crippen LogP contribution in [0.25, 0.3) is 0 Å². The summed E-state index contributed by atoms with van der Waals surface area (Å²) in [6.45, 7) is 0. The number of halogens is 3. The molecule has 1 aromatic carbocycles. The molecule has 1 aliphatic carbocycles. The van der Waals surface area contributed by atoms with Crippen molar-refractivity contribution in [2.75, 3.05) is 0 Å². The third kappa shape index (κ3) is 3.42. The van der Waals surface area contributed by atoms with Gasteiger partial charge in [0.1, 0.15) is 10.2 Å². The molecule has 0 saturated heterocycles. The molecule has 0 radical (unpaired) electrons. The predicted octanol–water partition coefficient (Wildman–Crippen LogP) is 1.73. The van der Waals surface area contributed by atoms with Gasteiger partial charge in [0.2, 0.25) is 5.91 Å². The first kappa shape index (κ1) is 15.9. The van der Waals surface area contributed by atoms with Gasteiger partial charge in [-0.25, -0.2) is 17.5 Å². The average molecular weight is 357 g/mol. The van der Waals surface area contributed by atoms with Crippen LogP contribution in [0.4, 0.5) is 10.1 Å². The molecule has 0 aromatic heterocycles. The van der Waals surface area contributed by atoms with Crippen LogP contribution in [0.1, 0.15) is 6.42 Å². The number of nitrogens with zero attached hydrogens (tertiary/aromatic N) is 1. The zero-order valence-electron chi connectivity index (χ0n) is 10.0. The number of hydrogen-bond donors (Lipinski definition) is 1. The van der Waals surface area contributed by atoms with E-state index in [9.17, 15) is 27.7 Å². The molecular formula is C10H7Cl2FN2O5S. The highest BCUT2D eigenvalue weighted by Crippen LogP contribution is 2.53. The number of hydrogen-bond acceptors (Lipinski definition) is 5. The van der Waals surface area contributed by atoms with Crippen molar-refractivity contribution in [3.8, 4) is 0 Å². The number of carbonyl (C=O) groups excluding carboxylic acids is 1. The van der Waals surface area contributed by atoms with Gasteiger partial charge >= 0.3 is 0 Å². The lowest BCUT2D eigenvalue weighted by Crippen LogP contribution is -2.33. The summed E-state index contributed by atoms with van der Waals surface area (Å²) in [5.41, 5.74) is -0.752. The van der Waals surface area contributed by atoms with Crippen molar-refractivity contribution in [2.45, 2.75) is 15.6 Å². The number of non-ortho nitro benzene ring substituents is 1. The topological polar surface area (TPSA) is 106 Å². The van der Waals surface area contributed by atoms with Gasteiger partial charge in [0.15, 0.2) is 0 Å². The highest BCUT2D eigenvalue weighted by atomic mass is 35.5. The van der Waals surface area contributed by atoms with Crippen LogP contribution >= 0.6 is 23.2 Å². The van der Waals surface area contributed by atoms with Crippen LogP contribution in [0.3, 0.4) is 0 Å². The summed E-state index contributed by atoms with van der Waals surface area (Å²) in [7, 11) is -4.45. The summed E-state index contributed by atoms with van der Waals surface area (Å²) >= 11 is 11.3. The maximum Gasteiger partial charge on any atom is 0.273 e. The Hall–Kier alpha value is -1.45. The number of nitro groups is 1. The summed E-state index contributed by atoms with van der Waals surface area (Å²) < 4.78 is 37.4. The van der Waals surface area contributed by atoms with Gasteiger partial charge in [-0.05, 0) is 12.5 Å². The van der Waals surface area contributed by atoms with E-state index in [-0.39, 0.29) is 6.42 Å². The van der Waals surface area contributed by atoms with Gasteiger partial charge in [0.05, 0.1) is 21.8 Å². The molecule has 114 valence electrons. The highest BCUT2D eigenvalue weighted by Gasteiger charge is 2.57. The van der Waals surface area contributed by atoms with Gasteiger partial charge in [-0.2, -0.15) is 0 Å². The molecule has 1 fully saturated rings. The van der Waals surface area contributed by atoms with Gasteiger partial charge in [-0.3, -0.25) is 14.9 Å². The van der Waals surface area contributed by atoms with E-state index in [1.165, 1.54) is 0 Å². The Balaban J connectivity index is 2.28. The molecule has 1 amide bonds. The smallest absolute Gasteiger partial charge is 0.273 e. The standard InChI is InChI=1S/C10H7Cl2FN2O5S/c11-10(12)4-8(10)9(16)14-21(19,20)7-2-5(13)1-6(3-7)15(17)18/h1-3,8H,4H2,(H,14,16). The highest BCUT2D eigenvalue weighted by molar-refractivity contribution is 7.90. The van der Waals surface area contributed by atoms with Crippen molar-refractivity contribution in [3.05, 3.63) is 34.1 Å². The third-order valence-corrected chi connectivity index (χ3v) is 4.92. The minimum Gasteiger partial charge on any atom is -0.274 e. The number of carbonyl (C=O) groups is 1. The van der Waals surface area contributed by atoms with Crippen molar-refractivity contribution in [1.29, 1.82) is 0 Å². The van der Waals surface area contributed by atoms with Gasteiger partial charge in [-0.1, -0.05) is 0 Å². The van der Waals surface area contributed by atoms with Crippen LogP contribution in [-0.4, -0.2) is 23.6 Å². The fourth-order valence-corrected chi connectivity index (χ4v) is 3.14. The minimum absolute atomic E-state index is 0.0841. The lowest BCUT2D eigenvalue weighted by Gasteiger charge is -2.07. The molecule has 0 bridgehead atoms. The molecule has 0 aliphatic heterocycles. The lowest BCUT2D eigenvalue weighted by atomic mass is 10.3. The fraction of sp³-hybridized carbons (Fsp3) is 0.300. The molecule has 1 saturated carbocycles. The van der Waals surface area contributed by atoms with E-state index in [0.29, 0.717) is 18.2 Å². The molecule has 1 unspecified atom stereocenters. The number of rotatable bonds is 4. The molecule has 7 nitrogen and oxygen atoms in total. The molecule has 1 aromatic rings. The Morgan fingerprint density at radius 2 is 2.00 bits per heavy atom. The molecule has 1 N–H and O–H groups in total. The van der Waals surface area contributed by atoms with Crippen molar-refractivity contribution in [1.82, 2.24) is 4.72 Å². The average Bonchev–Trinajstić information content (AvgIpc) is 2.97. The number of sulfonamides is 1. The monoisotopic (exact) mass is 356 g/mol. The van der Waals surface area contributed by atoms with Crippen LogP contribution in [0.5, 0.6) is 0 Å². The van der Waals surface area contributed by atoms with Crippen LogP contribution < -0.4 is 4.72 Å². The summed E-state index contributed by atoms with van der Waals surface area (Å²) in [5, 5.41) is 10.6. The minimum atomic E-state index is -4.45. The number of alkyl halides is 2. The van der Waals surface area contributed by atoms with Crippen LogP contribution in [0.15, 0.2) is 23.1 Å². The van der Waals surface area contributed by atoms with Crippen molar-refractivity contribution in [2.24, 2.45) is 5.92 Å². The first-order valence-electron chi connectivity index (χ1n) is 5.42. The van der Waals surface area contributed by atoms with E-state index in [0.717, 1.165) is 0 Å². The van der Waals surface area contributed by atoms with Gasteiger partial charge in [0.25, 0.3) is 15.7 Å². The SMILES string of the molecule is O=C(NS(=O)(=O)c1cc(F)cc([N+](=O)[O-])c1)C1CC1(Cl)Cl. The Labute approximate surface area is 128 Å². The first-order chi connectivity index (χ1) is 9.53. The molecule has 21 heavy (non-hydrogen) atoms. The molecule has 11 heteroatoms. The summed E-state index contributed by atoms with van der Waals surface area (Å²) in [5.74, 6) is -2.97. The zero-order valence-corrected chi connectivity index (χ0v) is 12.4. The second kappa shape index (κ2) is 5.08. The largest absolute Gasteiger partial charge is 0.274 e. The van der Waals surface area contributed by atoms with Gasteiger partial charge < -0.3 is 0 Å². The Morgan fingerprint density at radius 1 is 1.43 bits per heavy atom. The lowest BCUT2D eigenvalue weighted by molar-refractivity contribution is -0.385. The Bertz CT molecular complexity index is 737.